The lowest BCUT2D eigenvalue weighted by molar-refractivity contribution is -0.274. The van der Waals surface area contributed by atoms with Crippen LogP contribution in [-0.4, -0.2) is 49.1 Å². The van der Waals surface area contributed by atoms with Gasteiger partial charge in [-0.2, -0.15) is 4.99 Å². The smallest absolute Gasteiger partial charge is 0.406 e. The number of rotatable bonds is 7. The monoisotopic (exact) mass is 676 g/mol. The maximum Gasteiger partial charge on any atom is 0.573 e. The van der Waals surface area contributed by atoms with Crippen LogP contribution in [0.1, 0.15) is 49.8 Å². The second-order valence-electron chi connectivity index (χ2n) is 11.1. The van der Waals surface area contributed by atoms with Gasteiger partial charge in [-0.25, -0.2) is 9.67 Å². The highest BCUT2D eigenvalue weighted by Gasteiger charge is 2.32. The summed E-state index contributed by atoms with van der Waals surface area (Å²) in [5, 5.41) is 8.49. The summed E-state index contributed by atoms with van der Waals surface area (Å²) in [7, 11) is 0. The van der Waals surface area contributed by atoms with Crippen molar-refractivity contribution in [3.05, 3.63) is 89.7 Å². The normalized spacial score (nSPS) is 14.7. The number of halogens is 3. The number of aliphatic imine (C=N–C) groups is 1. The summed E-state index contributed by atoms with van der Waals surface area (Å²) in [6.07, 6.45) is -2.76. The van der Waals surface area contributed by atoms with Gasteiger partial charge in [-0.05, 0) is 97.7 Å². The third-order valence-corrected chi connectivity index (χ3v) is 8.12. The van der Waals surface area contributed by atoms with E-state index in [0.717, 1.165) is 27.9 Å². The molecule has 0 radical (unpaired) electrons. The van der Waals surface area contributed by atoms with Gasteiger partial charge in [0.2, 0.25) is 5.91 Å². The zero-order valence-electron chi connectivity index (χ0n) is 26.0. The van der Waals surface area contributed by atoms with Gasteiger partial charge in [-0.1, -0.05) is 49.6 Å². The highest BCUT2D eigenvalue weighted by atomic mass is 32.2. The molecule has 47 heavy (non-hydrogen) atoms. The highest BCUT2D eigenvalue weighted by Crippen LogP contribution is 2.34. The fourth-order valence-corrected chi connectivity index (χ4v) is 5.94. The second kappa shape index (κ2) is 14.4. The van der Waals surface area contributed by atoms with Crippen molar-refractivity contribution in [2.75, 3.05) is 10.7 Å². The van der Waals surface area contributed by atoms with Crippen LogP contribution in [0, 0.1) is 18.8 Å². The Kier molecular flexibility index (Phi) is 10.3. The van der Waals surface area contributed by atoms with Crippen molar-refractivity contribution in [3.63, 3.8) is 0 Å². The van der Waals surface area contributed by atoms with Crippen LogP contribution in [0.2, 0.25) is 0 Å². The fourth-order valence-electron chi connectivity index (χ4n) is 4.73. The molecule has 1 aliphatic heterocycles. The van der Waals surface area contributed by atoms with Gasteiger partial charge >= 0.3 is 6.36 Å². The number of alkyl halides is 3. The Morgan fingerprint density at radius 3 is 2.51 bits per heavy atom. The van der Waals surface area contributed by atoms with E-state index in [0.29, 0.717) is 34.0 Å². The van der Waals surface area contributed by atoms with E-state index >= 15 is 0 Å². The van der Waals surface area contributed by atoms with Crippen molar-refractivity contribution < 1.29 is 22.7 Å². The Morgan fingerprint density at radius 1 is 1.11 bits per heavy atom. The van der Waals surface area contributed by atoms with E-state index in [9.17, 15) is 18.0 Å². The molecular weight excluding hydrogens is 646 g/mol. The average Bonchev–Trinajstić information content (AvgIpc) is 3.64. The number of carbonyl (C=O) groups is 1. The third-order valence-electron chi connectivity index (χ3n) is 6.99. The van der Waals surface area contributed by atoms with E-state index in [2.05, 4.69) is 56.9 Å². The van der Waals surface area contributed by atoms with Crippen molar-refractivity contribution >= 4 is 45.9 Å². The summed E-state index contributed by atoms with van der Waals surface area (Å²) in [5.74, 6) is 6.98. The van der Waals surface area contributed by atoms with Gasteiger partial charge < -0.3 is 10.1 Å². The van der Waals surface area contributed by atoms with Crippen molar-refractivity contribution in [3.8, 4) is 34.7 Å². The molecule has 2 heterocycles. The first-order valence-corrected chi connectivity index (χ1v) is 16.1. The summed E-state index contributed by atoms with van der Waals surface area (Å²) < 4.78 is 42.6. The molecule has 0 bridgehead atoms. The van der Waals surface area contributed by atoms with Gasteiger partial charge in [0.05, 0.1) is 17.1 Å². The first-order valence-electron chi connectivity index (χ1n) is 14.7. The zero-order valence-corrected chi connectivity index (χ0v) is 27.6. The standard InChI is InChI=1S/C34H31F3N6O2S2/c1-21(2)28-17-8-22(3)18-29(28)43-30(44)19-47-33(43)40-32(46)39-23(4)6-5-7-24-9-11-25(12-10-24)31-38-20-42(41-31)26-13-15-27(16-14-26)45-34(35,36)37/h8-18,20-21,23H,6,19H2,1-4H3,(H,39,46). The summed E-state index contributed by atoms with van der Waals surface area (Å²) in [4.78, 5) is 23.4. The number of hydrogen-bond acceptors (Lipinski definition) is 6. The number of benzene rings is 3. The number of hydrogen-bond donors (Lipinski definition) is 1. The topological polar surface area (TPSA) is 84.6 Å². The molecule has 1 saturated heterocycles. The molecular formula is C34H31F3N6O2S2. The molecule has 1 N–H and O–H groups in total. The number of aryl methyl sites for hydroxylation is 1. The van der Waals surface area contributed by atoms with Gasteiger partial charge in [0, 0.05) is 23.6 Å². The van der Waals surface area contributed by atoms with E-state index in [1.807, 2.05) is 50.2 Å². The summed E-state index contributed by atoms with van der Waals surface area (Å²) in [5.41, 5.74) is 5.09. The molecule has 1 atom stereocenters. The molecule has 13 heteroatoms. The number of nitrogens with zero attached hydrogens (tertiary/aromatic N) is 5. The van der Waals surface area contributed by atoms with Crippen LogP contribution in [-0.2, 0) is 4.79 Å². The number of anilines is 1. The van der Waals surface area contributed by atoms with Crippen LogP contribution in [0.15, 0.2) is 78.0 Å². The first-order chi connectivity index (χ1) is 22.4. The lowest BCUT2D eigenvalue weighted by atomic mass is 9.99. The van der Waals surface area contributed by atoms with E-state index < -0.39 is 6.36 Å². The number of nitrogens with one attached hydrogen (secondary N) is 1. The Balaban J connectivity index is 1.17. The van der Waals surface area contributed by atoms with Crippen LogP contribution < -0.4 is 15.0 Å². The molecule has 242 valence electrons. The maximum absolute atomic E-state index is 12.9. The van der Waals surface area contributed by atoms with Crippen LogP contribution in [0.5, 0.6) is 5.75 Å². The summed E-state index contributed by atoms with van der Waals surface area (Å²) in [6.45, 7) is 8.17. The Morgan fingerprint density at radius 2 is 1.83 bits per heavy atom. The van der Waals surface area contributed by atoms with Gasteiger partial charge in [0.1, 0.15) is 12.1 Å². The fraction of sp³-hybridized carbons (Fsp3) is 0.265. The molecule has 1 unspecified atom stereocenters. The van der Waals surface area contributed by atoms with E-state index in [1.54, 1.807) is 4.90 Å². The maximum atomic E-state index is 12.9. The molecule has 3 aromatic carbocycles. The van der Waals surface area contributed by atoms with Crippen LogP contribution in [0.3, 0.4) is 0 Å². The molecule has 1 fully saturated rings. The molecule has 8 nitrogen and oxygen atoms in total. The van der Waals surface area contributed by atoms with E-state index in [4.69, 9.17) is 12.2 Å². The Hall–Kier alpha value is -4.67. The predicted molar refractivity (Wildman–Crippen MR) is 183 cm³/mol. The molecule has 1 aromatic heterocycles. The third kappa shape index (κ3) is 8.78. The predicted octanol–water partition coefficient (Wildman–Crippen LogP) is 7.41. The molecule has 4 aromatic rings. The van der Waals surface area contributed by atoms with Crippen molar-refractivity contribution in [2.24, 2.45) is 4.99 Å². The van der Waals surface area contributed by atoms with Crippen LogP contribution >= 0.6 is 24.0 Å². The summed E-state index contributed by atoms with van der Waals surface area (Å²) >= 11 is 6.90. The van der Waals surface area contributed by atoms with Gasteiger partial charge in [-0.3, -0.25) is 9.69 Å². The minimum atomic E-state index is -4.75. The van der Waals surface area contributed by atoms with Gasteiger partial charge in [0.25, 0.3) is 0 Å². The molecule has 0 spiro atoms. The minimum absolute atomic E-state index is 0.0220. The van der Waals surface area contributed by atoms with Gasteiger partial charge in [-0.15, -0.1) is 18.3 Å². The Bertz CT molecular complexity index is 1860. The van der Waals surface area contributed by atoms with Gasteiger partial charge in [0.15, 0.2) is 16.1 Å². The number of carbonyl (C=O) groups excluding carboxylic acids is 1. The van der Waals surface area contributed by atoms with Crippen molar-refractivity contribution in [2.45, 2.75) is 52.4 Å². The largest absolute Gasteiger partial charge is 0.573 e. The highest BCUT2D eigenvalue weighted by molar-refractivity contribution is 8.15. The number of thioether (sulfide) groups is 1. The lowest BCUT2D eigenvalue weighted by Crippen LogP contribution is -2.34. The molecule has 0 aliphatic carbocycles. The van der Waals surface area contributed by atoms with Crippen molar-refractivity contribution in [1.82, 2.24) is 20.1 Å². The number of aromatic nitrogens is 3. The van der Waals surface area contributed by atoms with Crippen molar-refractivity contribution in [1.29, 1.82) is 0 Å². The zero-order chi connectivity index (χ0) is 33.7. The van der Waals surface area contributed by atoms with E-state index in [1.165, 1.54) is 47.0 Å². The Labute approximate surface area is 280 Å². The first kappa shape index (κ1) is 33.7. The number of amidine groups is 1. The molecule has 1 aliphatic rings. The average molecular weight is 677 g/mol. The number of ether oxygens (including phenoxy) is 1. The van der Waals surface area contributed by atoms with E-state index in [-0.39, 0.29) is 23.6 Å². The van der Waals surface area contributed by atoms with Crippen LogP contribution in [0.25, 0.3) is 17.1 Å². The molecule has 1 amide bonds. The van der Waals surface area contributed by atoms with Crippen LogP contribution in [0.4, 0.5) is 18.9 Å². The SMILES string of the molecule is Cc1ccc(C(C)C)c(N2C(=O)CSC2=NC(=S)NC(C)CC#Cc2ccc(-c3ncn(-c4ccc(OC(F)(F)F)cc4)n3)cc2)c1. The number of thiocarbonyl (C=S) groups is 1. The number of amides is 1. The molecule has 5 rings (SSSR count). The molecule has 0 saturated carbocycles. The quantitative estimate of drug-likeness (QED) is 0.161. The summed E-state index contributed by atoms with van der Waals surface area (Å²) in [6, 6.07) is 18.8. The second-order valence-corrected chi connectivity index (χ2v) is 12.4. The lowest BCUT2D eigenvalue weighted by Gasteiger charge is -2.22. The minimum Gasteiger partial charge on any atom is -0.406 e.